The number of aromatic nitrogens is 1. The molecule has 0 aliphatic carbocycles. The highest BCUT2D eigenvalue weighted by molar-refractivity contribution is 5.94. The first-order chi connectivity index (χ1) is 12.8. The molecule has 1 amide bonds. The van der Waals surface area contributed by atoms with E-state index >= 15 is 0 Å². The van der Waals surface area contributed by atoms with Crippen LogP contribution < -0.4 is 4.74 Å². The Balaban J connectivity index is 1.63. The molecule has 0 bridgehead atoms. The van der Waals surface area contributed by atoms with Crippen molar-refractivity contribution in [1.29, 1.82) is 0 Å². The summed E-state index contributed by atoms with van der Waals surface area (Å²) in [4.78, 5) is 19.3. The second-order valence-electron chi connectivity index (χ2n) is 6.34. The van der Waals surface area contributed by atoms with E-state index in [9.17, 15) is 4.79 Å². The van der Waals surface area contributed by atoms with Crippen molar-refractivity contribution in [3.63, 3.8) is 0 Å². The molecule has 1 saturated heterocycles. The molecule has 26 heavy (non-hydrogen) atoms. The number of para-hydroxylation sites is 1. The summed E-state index contributed by atoms with van der Waals surface area (Å²) in [6, 6.07) is 22.9. The zero-order valence-corrected chi connectivity index (χ0v) is 14.4. The first kappa shape index (κ1) is 16.3. The first-order valence-corrected chi connectivity index (χ1v) is 8.87. The predicted molar refractivity (Wildman–Crippen MR) is 100 cm³/mol. The van der Waals surface area contributed by atoms with Gasteiger partial charge in [-0.25, -0.2) is 4.98 Å². The van der Waals surface area contributed by atoms with Crippen LogP contribution in [0.25, 0.3) is 0 Å². The van der Waals surface area contributed by atoms with Gasteiger partial charge >= 0.3 is 0 Å². The molecular formula is C22H20N2O2. The quantitative estimate of drug-likeness (QED) is 0.679. The lowest BCUT2D eigenvalue weighted by Crippen LogP contribution is -2.30. The molecule has 1 aliphatic rings. The summed E-state index contributed by atoms with van der Waals surface area (Å²) in [5.74, 6) is 1.37. The number of hydrogen-bond acceptors (Lipinski definition) is 3. The summed E-state index contributed by atoms with van der Waals surface area (Å²) in [5.41, 5.74) is 1.67. The molecule has 1 atom stereocenters. The Kier molecular flexibility index (Phi) is 4.65. The number of nitrogens with zero attached hydrogens (tertiary/aromatic N) is 2. The number of benzene rings is 2. The van der Waals surface area contributed by atoms with E-state index in [1.165, 1.54) is 0 Å². The topological polar surface area (TPSA) is 42.4 Å². The maximum absolute atomic E-state index is 13.0. The van der Waals surface area contributed by atoms with Crippen LogP contribution in [0.2, 0.25) is 0 Å². The van der Waals surface area contributed by atoms with Crippen molar-refractivity contribution < 1.29 is 9.53 Å². The zero-order chi connectivity index (χ0) is 17.8. The fraction of sp³-hybridized carbons (Fsp3) is 0.182. The van der Waals surface area contributed by atoms with Crippen molar-refractivity contribution in [3.05, 3.63) is 90.1 Å². The summed E-state index contributed by atoms with van der Waals surface area (Å²) in [7, 11) is 0. The minimum absolute atomic E-state index is 0.0184. The fourth-order valence-electron chi connectivity index (χ4n) is 3.42. The molecule has 0 spiro atoms. The van der Waals surface area contributed by atoms with E-state index in [1.54, 1.807) is 6.20 Å². The Labute approximate surface area is 153 Å². The van der Waals surface area contributed by atoms with E-state index in [1.807, 2.05) is 77.7 Å². The average molecular weight is 344 g/mol. The van der Waals surface area contributed by atoms with Crippen LogP contribution >= 0.6 is 0 Å². The van der Waals surface area contributed by atoms with Crippen molar-refractivity contribution in [2.24, 2.45) is 0 Å². The molecule has 2 aromatic carbocycles. The maximum atomic E-state index is 13.0. The number of hydrogen-bond donors (Lipinski definition) is 0. The van der Waals surface area contributed by atoms with Gasteiger partial charge in [-0.05, 0) is 43.2 Å². The number of carbonyl (C=O) groups is 1. The minimum atomic E-state index is -0.0184. The summed E-state index contributed by atoms with van der Waals surface area (Å²) < 4.78 is 6.01. The van der Waals surface area contributed by atoms with Crippen LogP contribution in [-0.4, -0.2) is 22.3 Å². The van der Waals surface area contributed by atoms with Gasteiger partial charge in [0.2, 0.25) is 5.88 Å². The third-order valence-corrected chi connectivity index (χ3v) is 4.65. The Morgan fingerprint density at radius 3 is 2.46 bits per heavy atom. The van der Waals surface area contributed by atoms with Crippen LogP contribution in [-0.2, 0) is 0 Å². The second-order valence-corrected chi connectivity index (χ2v) is 6.34. The molecule has 2 heterocycles. The number of amides is 1. The number of carbonyl (C=O) groups excluding carboxylic acids is 1. The Morgan fingerprint density at radius 2 is 1.69 bits per heavy atom. The molecule has 0 saturated carbocycles. The van der Waals surface area contributed by atoms with Crippen LogP contribution in [0.3, 0.4) is 0 Å². The molecule has 4 nitrogen and oxygen atoms in total. The lowest BCUT2D eigenvalue weighted by atomic mass is 10.1. The SMILES string of the molecule is O=C(c1ccccc1)N1CCCC1c1cccnc1Oc1ccccc1. The molecule has 3 aromatic rings. The molecule has 1 aliphatic heterocycles. The molecular weight excluding hydrogens is 324 g/mol. The van der Waals surface area contributed by atoms with Gasteiger partial charge in [0.05, 0.1) is 6.04 Å². The highest BCUT2D eigenvalue weighted by Gasteiger charge is 2.32. The highest BCUT2D eigenvalue weighted by atomic mass is 16.5. The van der Waals surface area contributed by atoms with Gasteiger partial charge in [-0.3, -0.25) is 4.79 Å². The number of pyridine rings is 1. The molecule has 1 fully saturated rings. The largest absolute Gasteiger partial charge is 0.439 e. The van der Waals surface area contributed by atoms with Gasteiger partial charge < -0.3 is 9.64 Å². The van der Waals surface area contributed by atoms with Gasteiger partial charge in [0.1, 0.15) is 5.75 Å². The van der Waals surface area contributed by atoms with Gasteiger partial charge in [-0.15, -0.1) is 0 Å². The van der Waals surface area contributed by atoms with Crippen molar-refractivity contribution in [2.75, 3.05) is 6.54 Å². The fourth-order valence-corrected chi connectivity index (χ4v) is 3.42. The van der Waals surface area contributed by atoms with Crippen molar-refractivity contribution in [2.45, 2.75) is 18.9 Å². The lowest BCUT2D eigenvalue weighted by Gasteiger charge is -2.26. The zero-order valence-electron chi connectivity index (χ0n) is 14.4. The van der Waals surface area contributed by atoms with Gasteiger partial charge in [-0.1, -0.05) is 42.5 Å². The van der Waals surface area contributed by atoms with E-state index in [4.69, 9.17) is 4.74 Å². The summed E-state index contributed by atoms with van der Waals surface area (Å²) in [5, 5.41) is 0. The van der Waals surface area contributed by atoms with Crippen LogP contribution in [0.1, 0.15) is 34.8 Å². The third kappa shape index (κ3) is 3.31. The maximum Gasteiger partial charge on any atom is 0.254 e. The highest BCUT2D eigenvalue weighted by Crippen LogP contribution is 2.38. The Morgan fingerprint density at radius 1 is 0.962 bits per heavy atom. The van der Waals surface area contributed by atoms with Crippen molar-refractivity contribution in [1.82, 2.24) is 9.88 Å². The predicted octanol–water partition coefficient (Wildman–Crippen LogP) is 4.85. The molecule has 130 valence electrons. The molecule has 4 heteroatoms. The number of rotatable bonds is 4. The van der Waals surface area contributed by atoms with Crippen LogP contribution in [0, 0.1) is 0 Å². The van der Waals surface area contributed by atoms with Gasteiger partial charge in [0.25, 0.3) is 5.91 Å². The molecule has 1 unspecified atom stereocenters. The number of likely N-dealkylation sites (tertiary alicyclic amines) is 1. The van der Waals surface area contributed by atoms with E-state index in [-0.39, 0.29) is 11.9 Å². The normalized spacial score (nSPS) is 16.5. The first-order valence-electron chi connectivity index (χ1n) is 8.87. The standard InChI is InChI=1S/C22H20N2O2/c25-22(17-9-3-1-4-10-17)24-16-8-14-20(24)19-13-7-15-23-21(19)26-18-11-5-2-6-12-18/h1-7,9-13,15,20H,8,14,16H2. The number of ether oxygens (including phenoxy) is 1. The molecule has 1 aromatic heterocycles. The molecule has 0 N–H and O–H groups in total. The molecule has 4 rings (SSSR count). The third-order valence-electron chi connectivity index (χ3n) is 4.65. The van der Waals surface area contributed by atoms with Gasteiger partial charge in [0, 0.05) is 23.9 Å². The molecule has 0 radical (unpaired) electrons. The van der Waals surface area contributed by atoms with Gasteiger partial charge in [0.15, 0.2) is 0 Å². The Bertz CT molecular complexity index is 881. The summed E-state index contributed by atoms with van der Waals surface area (Å²) >= 11 is 0. The monoisotopic (exact) mass is 344 g/mol. The summed E-state index contributed by atoms with van der Waals surface area (Å²) in [6.45, 7) is 0.748. The van der Waals surface area contributed by atoms with Crippen LogP contribution in [0.4, 0.5) is 0 Å². The van der Waals surface area contributed by atoms with E-state index in [0.717, 1.165) is 30.7 Å². The van der Waals surface area contributed by atoms with E-state index in [2.05, 4.69) is 4.98 Å². The smallest absolute Gasteiger partial charge is 0.254 e. The summed E-state index contributed by atoms with van der Waals surface area (Å²) in [6.07, 6.45) is 3.61. The van der Waals surface area contributed by atoms with E-state index < -0.39 is 0 Å². The minimum Gasteiger partial charge on any atom is -0.439 e. The van der Waals surface area contributed by atoms with E-state index in [0.29, 0.717) is 11.4 Å². The van der Waals surface area contributed by atoms with Crippen molar-refractivity contribution >= 4 is 5.91 Å². The second kappa shape index (κ2) is 7.40. The van der Waals surface area contributed by atoms with Crippen LogP contribution in [0.15, 0.2) is 79.0 Å². The lowest BCUT2D eigenvalue weighted by molar-refractivity contribution is 0.0734. The van der Waals surface area contributed by atoms with Crippen molar-refractivity contribution in [3.8, 4) is 11.6 Å². The average Bonchev–Trinajstić information content (AvgIpc) is 3.19. The Hall–Kier alpha value is -3.14. The van der Waals surface area contributed by atoms with Gasteiger partial charge in [-0.2, -0.15) is 0 Å². The van der Waals surface area contributed by atoms with Crippen LogP contribution in [0.5, 0.6) is 11.6 Å².